The van der Waals surface area contributed by atoms with E-state index in [-0.39, 0.29) is 5.75 Å². The Balaban J connectivity index is 2.09. The Hall–Kier alpha value is -2.01. The van der Waals surface area contributed by atoms with Crippen molar-refractivity contribution in [1.29, 1.82) is 0 Å². The maximum absolute atomic E-state index is 9.46. The number of aromatic nitrogens is 2. The van der Waals surface area contributed by atoms with E-state index in [0.717, 1.165) is 30.0 Å². The number of hydrogen-bond acceptors (Lipinski definition) is 4. The van der Waals surface area contributed by atoms with Crippen molar-refractivity contribution < 1.29 is 5.11 Å². The van der Waals surface area contributed by atoms with Crippen molar-refractivity contribution in [3.63, 3.8) is 0 Å². The molecule has 1 aliphatic heterocycles. The molecule has 2 heterocycles. The highest BCUT2D eigenvalue weighted by molar-refractivity contribution is 5.52. The van der Waals surface area contributed by atoms with Crippen LogP contribution in [0.15, 0.2) is 24.3 Å². The zero-order valence-corrected chi connectivity index (χ0v) is 9.59. The molecule has 88 valence electrons. The number of nitrogen functional groups attached to an aromatic ring is 1. The van der Waals surface area contributed by atoms with Crippen molar-refractivity contribution in [2.24, 2.45) is 0 Å². The second kappa shape index (κ2) is 3.49. The molecule has 1 aromatic heterocycles. The van der Waals surface area contributed by atoms with Crippen LogP contribution < -0.4 is 5.73 Å². The first-order chi connectivity index (χ1) is 8.15. The van der Waals surface area contributed by atoms with Crippen molar-refractivity contribution in [3.8, 4) is 11.4 Å². The molecule has 5 nitrogen and oxygen atoms in total. The summed E-state index contributed by atoms with van der Waals surface area (Å²) in [5.41, 5.74) is 9.00. The lowest BCUT2D eigenvalue weighted by atomic mass is 10.2. The summed E-state index contributed by atoms with van der Waals surface area (Å²) in [7, 11) is 2.04. The van der Waals surface area contributed by atoms with Crippen LogP contribution in [0, 0.1) is 0 Å². The minimum absolute atomic E-state index is 0.217. The van der Waals surface area contributed by atoms with E-state index < -0.39 is 0 Å². The minimum atomic E-state index is 0.217. The van der Waals surface area contributed by atoms with E-state index >= 15 is 0 Å². The summed E-state index contributed by atoms with van der Waals surface area (Å²) in [4.78, 5) is 2.17. The molecule has 0 fully saturated rings. The molecule has 0 saturated heterocycles. The predicted octanol–water partition coefficient (Wildman–Crippen LogP) is 1.11. The van der Waals surface area contributed by atoms with Gasteiger partial charge in [-0.1, -0.05) is 6.07 Å². The lowest BCUT2D eigenvalue weighted by molar-refractivity contribution is 0.348. The second-order valence-electron chi connectivity index (χ2n) is 4.41. The number of anilines is 1. The fourth-order valence-corrected chi connectivity index (χ4v) is 2.21. The Labute approximate surface area is 99.1 Å². The normalized spacial score (nSPS) is 15.1. The average Bonchev–Trinajstić information content (AvgIpc) is 2.78. The van der Waals surface area contributed by atoms with Gasteiger partial charge in [0.25, 0.3) is 0 Å². The first kappa shape index (κ1) is 10.2. The number of rotatable bonds is 1. The number of nitrogens with two attached hydrogens (primary N) is 1. The molecule has 5 heteroatoms. The molecule has 0 bridgehead atoms. The monoisotopic (exact) mass is 230 g/mol. The molecule has 3 N–H and O–H groups in total. The first-order valence-corrected chi connectivity index (χ1v) is 5.49. The van der Waals surface area contributed by atoms with Gasteiger partial charge < -0.3 is 10.8 Å². The standard InChI is InChI=1S/C12H14N4O/c1-15-6-10-11(7-15)14-16(12(10)13)8-3-2-4-9(17)5-8/h2-5,17H,6-7,13H2,1H3. The minimum Gasteiger partial charge on any atom is -0.508 e. The van der Waals surface area contributed by atoms with E-state index in [1.165, 1.54) is 0 Å². The third-order valence-electron chi connectivity index (χ3n) is 3.03. The molecular formula is C12H14N4O. The Kier molecular flexibility index (Phi) is 2.09. The summed E-state index contributed by atoms with van der Waals surface area (Å²) in [5, 5.41) is 14.0. The number of aromatic hydroxyl groups is 1. The van der Waals surface area contributed by atoms with Crippen LogP contribution in [0.2, 0.25) is 0 Å². The summed E-state index contributed by atoms with van der Waals surface area (Å²) in [6.45, 7) is 1.66. The quantitative estimate of drug-likeness (QED) is 0.770. The molecule has 0 amide bonds. The summed E-state index contributed by atoms with van der Waals surface area (Å²) in [5.74, 6) is 0.879. The summed E-state index contributed by atoms with van der Waals surface area (Å²) in [6, 6.07) is 6.94. The zero-order valence-electron chi connectivity index (χ0n) is 9.59. The largest absolute Gasteiger partial charge is 0.508 e. The lowest BCUT2D eigenvalue weighted by Crippen LogP contribution is -2.12. The van der Waals surface area contributed by atoms with Gasteiger partial charge in [-0.15, -0.1) is 0 Å². The Morgan fingerprint density at radius 3 is 2.88 bits per heavy atom. The predicted molar refractivity (Wildman–Crippen MR) is 64.8 cm³/mol. The van der Waals surface area contributed by atoms with Gasteiger partial charge in [-0.2, -0.15) is 5.10 Å². The summed E-state index contributed by atoms with van der Waals surface area (Å²) in [6.07, 6.45) is 0. The molecule has 0 atom stereocenters. The highest BCUT2D eigenvalue weighted by Gasteiger charge is 2.24. The van der Waals surface area contributed by atoms with Crippen LogP contribution >= 0.6 is 0 Å². The molecule has 17 heavy (non-hydrogen) atoms. The van der Waals surface area contributed by atoms with Gasteiger partial charge >= 0.3 is 0 Å². The SMILES string of the molecule is CN1Cc2nn(-c3cccc(O)c3)c(N)c2C1. The number of nitrogens with zero attached hydrogens (tertiary/aromatic N) is 3. The lowest BCUT2D eigenvalue weighted by Gasteiger charge is -2.09. The highest BCUT2D eigenvalue weighted by atomic mass is 16.3. The van der Waals surface area contributed by atoms with Crippen LogP contribution in [0.5, 0.6) is 5.75 Å². The van der Waals surface area contributed by atoms with Crippen LogP contribution in [-0.4, -0.2) is 26.8 Å². The Morgan fingerprint density at radius 2 is 2.18 bits per heavy atom. The molecule has 1 aromatic carbocycles. The molecule has 0 radical (unpaired) electrons. The molecule has 0 spiro atoms. The van der Waals surface area contributed by atoms with Gasteiger partial charge in [-0.25, -0.2) is 4.68 Å². The molecular weight excluding hydrogens is 216 g/mol. The van der Waals surface area contributed by atoms with Crippen molar-refractivity contribution in [1.82, 2.24) is 14.7 Å². The van der Waals surface area contributed by atoms with E-state index in [0.29, 0.717) is 5.82 Å². The maximum Gasteiger partial charge on any atom is 0.132 e. The van der Waals surface area contributed by atoms with Crippen molar-refractivity contribution in [2.45, 2.75) is 13.1 Å². The number of benzene rings is 1. The highest BCUT2D eigenvalue weighted by Crippen LogP contribution is 2.28. The van der Waals surface area contributed by atoms with E-state index in [1.807, 2.05) is 13.1 Å². The van der Waals surface area contributed by atoms with Gasteiger partial charge in [-0.05, 0) is 19.2 Å². The van der Waals surface area contributed by atoms with Gasteiger partial charge in [-0.3, -0.25) is 4.90 Å². The van der Waals surface area contributed by atoms with E-state index in [9.17, 15) is 5.11 Å². The van der Waals surface area contributed by atoms with Crippen LogP contribution in [-0.2, 0) is 13.1 Å². The third-order valence-corrected chi connectivity index (χ3v) is 3.03. The third kappa shape index (κ3) is 1.55. The van der Waals surface area contributed by atoms with Crippen molar-refractivity contribution >= 4 is 5.82 Å². The van der Waals surface area contributed by atoms with Gasteiger partial charge in [0.05, 0.1) is 11.4 Å². The van der Waals surface area contributed by atoms with Crippen molar-refractivity contribution in [3.05, 3.63) is 35.5 Å². The number of phenolic OH excluding ortho intramolecular Hbond substituents is 1. The maximum atomic E-state index is 9.46. The van der Waals surface area contributed by atoms with Gasteiger partial charge in [0.1, 0.15) is 11.6 Å². The van der Waals surface area contributed by atoms with E-state index in [2.05, 4.69) is 10.00 Å². The van der Waals surface area contributed by atoms with Crippen LogP contribution in [0.25, 0.3) is 5.69 Å². The number of fused-ring (bicyclic) bond motifs is 1. The average molecular weight is 230 g/mol. The molecule has 1 aliphatic rings. The molecule has 0 aliphatic carbocycles. The van der Waals surface area contributed by atoms with Crippen LogP contribution in [0.3, 0.4) is 0 Å². The molecule has 0 unspecified atom stereocenters. The number of hydrogen-bond donors (Lipinski definition) is 2. The fraction of sp³-hybridized carbons (Fsp3) is 0.250. The van der Waals surface area contributed by atoms with Gasteiger partial charge in [0.15, 0.2) is 0 Å². The van der Waals surface area contributed by atoms with Crippen molar-refractivity contribution in [2.75, 3.05) is 12.8 Å². The fourth-order valence-electron chi connectivity index (χ4n) is 2.21. The van der Waals surface area contributed by atoms with Crippen LogP contribution in [0.4, 0.5) is 5.82 Å². The topological polar surface area (TPSA) is 67.3 Å². The Bertz CT molecular complexity index is 576. The van der Waals surface area contributed by atoms with E-state index in [1.54, 1.807) is 22.9 Å². The molecule has 2 aromatic rings. The van der Waals surface area contributed by atoms with Gasteiger partial charge in [0, 0.05) is 24.7 Å². The van der Waals surface area contributed by atoms with E-state index in [4.69, 9.17) is 5.73 Å². The molecule has 0 saturated carbocycles. The first-order valence-electron chi connectivity index (χ1n) is 5.49. The smallest absolute Gasteiger partial charge is 0.132 e. The second-order valence-corrected chi connectivity index (χ2v) is 4.41. The Morgan fingerprint density at radius 1 is 1.35 bits per heavy atom. The molecule has 3 rings (SSSR count). The van der Waals surface area contributed by atoms with Crippen LogP contribution in [0.1, 0.15) is 11.3 Å². The zero-order chi connectivity index (χ0) is 12.0. The summed E-state index contributed by atoms with van der Waals surface area (Å²) >= 11 is 0. The summed E-state index contributed by atoms with van der Waals surface area (Å²) < 4.78 is 1.69. The van der Waals surface area contributed by atoms with Gasteiger partial charge in [0.2, 0.25) is 0 Å². The number of phenols is 1.